The summed E-state index contributed by atoms with van der Waals surface area (Å²) >= 11 is 5.01. The van der Waals surface area contributed by atoms with Crippen molar-refractivity contribution in [1.82, 2.24) is 0 Å². The second-order valence-corrected chi connectivity index (χ2v) is 4.74. The van der Waals surface area contributed by atoms with E-state index >= 15 is 0 Å². The molecule has 0 radical (unpaired) electrons. The Morgan fingerprint density at radius 1 is 1.27 bits per heavy atom. The number of aromatic hydroxyl groups is 1. The quantitative estimate of drug-likeness (QED) is 0.734. The van der Waals surface area contributed by atoms with Crippen LogP contribution in [0.1, 0.15) is 0 Å². The predicted octanol–water partition coefficient (Wildman–Crippen LogP) is 3.37. The molecular formula is C8H5BrOS. The van der Waals surface area contributed by atoms with Crippen LogP contribution in [-0.4, -0.2) is 5.11 Å². The lowest BCUT2D eigenvalue weighted by molar-refractivity contribution is 0.476. The van der Waals surface area contributed by atoms with Crippen LogP contribution in [0.25, 0.3) is 10.1 Å². The third-order valence-corrected chi connectivity index (χ3v) is 3.07. The van der Waals surface area contributed by atoms with E-state index in [4.69, 9.17) is 5.11 Å². The van der Waals surface area contributed by atoms with Crippen LogP contribution >= 0.6 is 27.3 Å². The lowest BCUT2D eigenvalue weighted by Crippen LogP contribution is -1.61. The van der Waals surface area contributed by atoms with Gasteiger partial charge in [0, 0.05) is 4.70 Å². The third-order valence-electron chi connectivity index (χ3n) is 1.47. The Morgan fingerprint density at radius 2 is 2.09 bits per heavy atom. The molecule has 0 spiro atoms. The summed E-state index contributed by atoms with van der Waals surface area (Å²) in [6, 6.07) is 7.41. The van der Waals surface area contributed by atoms with Crippen LogP contribution in [0, 0.1) is 0 Å². The van der Waals surface area contributed by atoms with Crippen molar-refractivity contribution >= 4 is 37.4 Å². The lowest BCUT2D eigenvalue weighted by atomic mass is 10.2. The number of fused-ring (bicyclic) bond motifs is 1. The first-order valence-electron chi connectivity index (χ1n) is 3.14. The van der Waals surface area contributed by atoms with Gasteiger partial charge in [-0.05, 0) is 45.6 Å². The standard InChI is InChI=1S/C8H5BrOS/c9-8-3-5-1-2-6(10)4-7(5)11-8/h1-4,10H. The van der Waals surface area contributed by atoms with Crippen molar-refractivity contribution in [3.63, 3.8) is 0 Å². The molecule has 0 fully saturated rings. The molecule has 0 amide bonds. The lowest BCUT2D eigenvalue weighted by Gasteiger charge is -1.89. The minimum atomic E-state index is 0.326. The number of hydrogen-bond donors (Lipinski definition) is 1. The SMILES string of the molecule is Oc1ccc2cc(Br)sc2c1. The van der Waals surface area contributed by atoms with Crippen LogP contribution in [0.3, 0.4) is 0 Å². The molecule has 2 rings (SSSR count). The zero-order chi connectivity index (χ0) is 7.84. The van der Waals surface area contributed by atoms with Crippen LogP contribution < -0.4 is 0 Å². The molecule has 0 saturated heterocycles. The van der Waals surface area contributed by atoms with Crippen LogP contribution in [0.5, 0.6) is 5.75 Å². The van der Waals surface area contributed by atoms with E-state index in [2.05, 4.69) is 15.9 Å². The zero-order valence-corrected chi connectivity index (χ0v) is 7.95. The summed E-state index contributed by atoms with van der Waals surface area (Å²) in [4.78, 5) is 0. The van der Waals surface area contributed by atoms with E-state index in [1.165, 1.54) is 5.39 Å². The molecule has 11 heavy (non-hydrogen) atoms. The Morgan fingerprint density at radius 3 is 2.91 bits per heavy atom. The van der Waals surface area contributed by atoms with Gasteiger partial charge in [0.1, 0.15) is 5.75 Å². The molecule has 0 aliphatic carbocycles. The second-order valence-electron chi connectivity index (χ2n) is 2.27. The molecule has 3 heteroatoms. The topological polar surface area (TPSA) is 20.2 Å². The maximum absolute atomic E-state index is 9.13. The number of phenolic OH excluding ortho intramolecular Hbond substituents is 1. The highest BCUT2D eigenvalue weighted by atomic mass is 79.9. The van der Waals surface area contributed by atoms with Crippen molar-refractivity contribution in [3.05, 3.63) is 28.1 Å². The summed E-state index contributed by atoms with van der Waals surface area (Å²) in [6.07, 6.45) is 0. The van der Waals surface area contributed by atoms with Crippen LogP contribution in [0.15, 0.2) is 28.1 Å². The first-order valence-corrected chi connectivity index (χ1v) is 4.75. The summed E-state index contributed by atoms with van der Waals surface area (Å²) in [5.74, 6) is 0.326. The Kier molecular flexibility index (Phi) is 1.62. The molecule has 0 atom stereocenters. The molecule has 1 aromatic heterocycles. The smallest absolute Gasteiger partial charge is 0.117 e. The van der Waals surface area contributed by atoms with Gasteiger partial charge >= 0.3 is 0 Å². The van der Waals surface area contributed by atoms with Crippen molar-refractivity contribution in [3.8, 4) is 5.75 Å². The highest BCUT2D eigenvalue weighted by Crippen LogP contribution is 2.31. The molecule has 1 nitrogen and oxygen atoms in total. The first-order chi connectivity index (χ1) is 5.25. The number of hydrogen-bond acceptors (Lipinski definition) is 2. The van der Waals surface area contributed by atoms with E-state index < -0.39 is 0 Å². The number of thiophene rings is 1. The highest BCUT2D eigenvalue weighted by molar-refractivity contribution is 9.11. The Bertz CT molecular complexity index is 394. The molecule has 0 unspecified atom stereocenters. The number of rotatable bonds is 0. The molecule has 56 valence electrons. The van der Waals surface area contributed by atoms with Gasteiger partial charge < -0.3 is 5.11 Å². The van der Waals surface area contributed by atoms with E-state index in [-0.39, 0.29) is 0 Å². The van der Waals surface area contributed by atoms with Gasteiger partial charge in [-0.25, -0.2) is 0 Å². The van der Waals surface area contributed by atoms with Crippen LogP contribution in [0.4, 0.5) is 0 Å². The van der Waals surface area contributed by atoms with Gasteiger partial charge in [0.2, 0.25) is 0 Å². The second kappa shape index (κ2) is 2.50. The van der Waals surface area contributed by atoms with Gasteiger partial charge in [-0.1, -0.05) is 0 Å². The fraction of sp³-hybridized carbons (Fsp3) is 0. The summed E-state index contributed by atoms with van der Waals surface area (Å²) in [5, 5.41) is 10.3. The van der Waals surface area contributed by atoms with Gasteiger partial charge in [-0.15, -0.1) is 11.3 Å². The molecule has 1 aromatic carbocycles. The molecule has 1 N–H and O–H groups in total. The molecule has 0 aliphatic rings. The fourth-order valence-corrected chi connectivity index (χ4v) is 2.58. The third kappa shape index (κ3) is 1.26. The molecule has 0 aliphatic heterocycles. The van der Waals surface area contributed by atoms with Gasteiger partial charge in [0.15, 0.2) is 0 Å². The van der Waals surface area contributed by atoms with E-state index in [9.17, 15) is 0 Å². The molecule has 1 heterocycles. The van der Waals surface area contributed by atoms with Crippen LogP contribution in [-0.2, 0) is 0 Å². The van der Waals surface area contributed by atoms with E-state index in [0.717, 1.165) is 8.49 Å². The summed E-state index contributed by atoms with van der Waals surface area (Å²) < 4.78 is 2.20. The maximum Gasteiger partial charge on any atom is 0.117 e. The first kappa shape index (κ1) is 7.13. The number of benzene rings is 1. The Hall–Kier alpha value is -0.540. The highest BCUT2D eigenvalue weighted by Gasteiger charge is 1.98. The molecule has 2 aromatic rings. The molecule has 0 saturated carbocycles. The summed E-state index contributed by atoms with van der Waals surface area (Å²) in [6.45, 7) is 0. The van der Waals surface area contributed by atoms with E-state index in [1.807, 2.05) is 12.1 Å². The molecule has 0 bridgehead atoms. The minimum absolute atomic E-state index is 0.326. The Balaban J connectivity index is 2.82. The van der Waals surface area contributed by atoms with Crippen molar-refractivity contribution < 1.29 is 5.11 Å². The van der Waals surface area contributed by atoms with E-state index in [0.29, 0.717) is 5.75 Å². The minimum Gasteiger partial charge on any atom is -0.508 e. The summed E-state index contributed by atoms with van der Waals surface area (Å²) in [7, 11) is 0. The fourth-order valence-electron chi connectivity index (χ4n) is 0.987. The van der Waals surface area contributed by atoms with E-state index in [1.54, 1.807) is 23.5 Å². The van der Waals surface area contributed by atoms with Gasteiger partial charge in [-0.2, -0.15) is 0 Å². The maximum atomic E-state index is 9.13. The monoisotopic (exact) mass is 228 g/mol. The zero-order valence-electron chi connectivity index (χ0n) is 5.54. The van der Waals surface area contributed by atoms with Crippen LogP contribution in [0.2, 0.25) is 0 Å². The predicted molar refractivity (Wildman–Crippen MR) is 51.2 cm³/mol. The van der Waals surface area contributed by atoms with Crippen molar-refractivity contribution in [1.29, 1.82) is 0 Å². The molecular weight excluding hydrogens is 224 g/mol. The van der Waals surface area contributed by atoms with Crippen molar-refractivity contribution in [2.75, 3.05) is 0 Å². The number of phenols is 1. The van der Waals surface area contributed by atoms with Crippen molar-refractivity contribution in [2.45, 2.75) is 0 Å². The van der Waals surface area contributed by atoms with Gasteiger partial charge in [-0.3, -0.25) is 0 Å². The largest absolute Gasteiger partial charge is 0.508 e. The average molecular weight is 229 g/mol. The summed E-state index contributed by atoms with van der Waals surface area (Å²) in [5.41, 5.74) is 0. The van der Waals surface area contributed by atoms with Crippen molar-refractivity contribution in [2.24, 2.45) is 0 Å². The normalized spacial score (nSPS) is 10.6. The number of halogens is 1. The Labute approximate surface area is 76.4 Å². The van der Waals surface area contributed by atoms with Gasteiger partial charge in [0.05, 0.1) is 3.79 Å². The average Bonchev–Trinajstić information content (AvgIpc) is 2.27. The van der Waals surface area contributed by atoms with Gasteiger partial charge in [0.25, 0.3) is 0 Å².